The summed E-state index contributed by atoms with van der Waals surface area (Å²) >= 11 is 6.39. The lowest BCUT2D eigenvalue weighted by Crippen LogP contribution is -2.81. The van der Waals surface area contributed by atoms with Gasteiger partial charge in [0.1, 0.15) is 65.2 Å². The van der Waals surface area contributed by atoms with Crippen molar-refractivity contribution >= 4 is 86.2 Å². The number of rotatable bonds is 26. The van der Waals surface area contributed by atoms with Crippen molar-refractivity contribution in [2.75, 3.05) is 32.3 Å². The van der Waals surface area contributed by atoms with E-state index in [0.29, 0.717) is 60.4 Å². The first-order valence-corrected chi connectivity index (χ1v) is 36.6. The van der Waals surface area contributed by atoms with Gasteiger partial charge in [-0.1, -0.05) is 146 Å². The number of methoxy groups -OCH3 is 1. The van der Waals surface area contributed by atoms with Crippen molar-refractivity contribution in [1.82, 2.24) is 10.2 Å². The molecule has 5 aromatic rings. The Balaban J connectivity index is 1.05. The number of aliphatic hydroxyl groups is 2. The summed E-state index contributed by atoms with van der Waals surface area (Å²) in [5.41, 5.74) is -5.56. The van der Waals surface area contributed by atoms with Crippen molar-refractivity contribution in [2.24, 2.45) is 27.7 Å². The fourth-order valence-corrected chi connectivity index (χ4v) is 16.9. The van der Waals surface area contributed by atoms with Crippen LogP contribution in [0.25, 0.3) is 0 Å². The summed E-state index contributed by atoms with van der Waals surface area (Å²) in [5.74, 6) is -8.00. The topological polar surface area (TPSA) is 260 Å². The van der Waals surface area contributed by atoms with Gasteiger partial charge in [-0.2, -0.15) is 0 Å². The van der Waals surface area contributed by atoms with Crippen LogP contribution >= 0.6 is 33.2 Å². The Kier molecular flexibility index (Phi) is 23.5. The number of fused-ring (bicyclic) bond motifs is 5. The number of aliphatic imine (C=N–C) groups is 1. The number of hydrogen-bond donors (Lipinski definition) is 3. The first-order chi connectivity index (χ1) is 47.3. The van der Waals surface area contributed by atoms with Crippen molar-refractivity contribution in [2.45, 2.75) is 166 Å². The molecule has 2 saturated heterocycles. The van der Waals surface area contributed by atoms with E-state index in [1.165, 1.54) is 56.2 Å². The van der Waals surface area contributed by atoms with Gasteiger partial charge in [0.05, 0.1) is 42.4 Å². The summed E-state index contributed by atoms with van der Waals surface area (Å²) in [5, 5.41) is 30.0. The molecule has 2 aliphatic heterocycles. The number of nitrogens with one attached hydrogen (secondary N) is 1. The van der Waals surface area contributed by atoms with Gasteiger partial charge in [0.25, 0.3) is 5.91 Å². The fourth-order valence-electron chi connectivity index (χ4n) is 15.6. The minimum Gasteiger partial charge on any atom is -0.496 e. The van der Waals surface area contributed by atoms with Gasteiger partial charge < -0.3 is 48.9 Å². The molecule has 1 unspecified atom stereocenters. The molecule has 5 aliphatic rings. The number of carbonyl (C=O) groups is 8. The summed E-state index contributed by atoms with van der Waals surface area (Å²) in [4.78, 5) is 125. The molecule has 5 aromatic carbocycles. The second kappa shape index (κ2) is 31.4. The highest BCUT2D eigenvalue weighted by Crippen LogP contribution is 2.65. The zero-order chi connectivity index (χ0) is 71.1. The second-order valence-corrected chi connectivity index (χ2v) is 30.0. The molecule has 4 fully saturated rings. The molecule has 3 aliphatic carbocycles. The maximum absolute atomic E-state index is 16.1. The van der Waals surface area contributed by atoms with Crippen molar-refractivity contribution in [3.63, 3.8) is 0 Å². The highest BCUT2D eigenvalue weighted by molar-refractivity contribution is 8.76. The van der Waals surface area contributed by atoms with Crippen LogP contribution in [-0.4, -0.2) is 154 Å². The number of aliphatic hydroxyl groups excluding tert-OH is 1. The lowest BCUT2D eigenvalue weighted by Gasteiger charge is -2.67. The van der Waals surface area contributed by atoms with Crippen LogP contribution in [0.2, 0.25) is 5.02 Å². The summed E-state index contributed by atoms with van der Waals surface area (Å²) in [7, 11) is 4.62. The monoisotopic (exact) mass is 1410 g/mol. The molecule has 0 radical (unpaired) electrons. The number of likely N-dealkylation sites (tertiary alicyclic amines) is 1. The van der Waals surface area contributed by atoms with Crippen molar-refractivity contribution in [1.29, 1.82) is 0 Å². The van der Waals surface area contributed by atoms with Crippen LogP contribution in [0.5, 0.6) is 5.75 Å². The molecule has 2 saturated carbocycles. The van der Waals surface area contributed by atoms with Gasteiger partial charge in [0, 0.05) is 78.0 Å². The van der Waals surface area contributed by atoms with Crippen LogP contribution in [0.15, 0.2) is 150 Å². The Morgan fingerprint density at radius 1 is 0.859 bits per heavy atom. The Morgan fingerprint density at radius 3 is 2.16 bits per heavy atom. The Bertz CT molecular complexity index is 3880. The second-order valence-electron chi connectivity index (χ2n) is 26.9. The van der Waals surface area contributed by atoms with E-state index in [-0.39, 0.29) is 77.5 Å². The molecule has 526 valence electrons. The van der Waals surface area contributed by atoms with E-state index in [0.717, 1.165) is 0 Å². The third kappa shape index (κ3) is 15.2. The van der Waals surface area contributed by atoms with E-state index < -0.39 is 136 Å². The average molecular weight is 1420 g/mol. The highest BCUT2D eigenvalue weighted by atomic mass is 35.5. The number of ketones is 2. The van der Waals surface area contributed by atoms with Gasteiger partial charge in [-0.25, -0.2) is 18.8 Å². The number of hydrogen-bond acceptors (Lipinski definition) is 19. The molecule has 10 rings (SSSR count). The maximum atomic E-state index is 16.1. The first-order valence-electron chi connectivity index (χ1n) is 33.5. The minimum atomic E-state index is -2.38. The molecular formula is C76H85ClFN3O16S2. The van der Waals surface area contributed by atoms with Gasteiger partial charge in [0.15, 0.2) is 5.60 Å². The van der Waals surface area contributed by atoms with Crippen LogP contribution < -0.4 is 10.1 Å². The average Bonchev–Trinajstić information content (AvgIpc) is 0.815. The third-order valence-corrected chi connectivity index (χ3v) is 22.7. The largest absolute Gasteiger partial charge is 0.496 e. The molecule has 2 heterocycles. The SMILES string of the molecule is COc1ccc(F)cc1C(=N[C@H](CCCCCC(=O)CCSSC)C(=O)N1CCCC1C(=O)O[C@@H](C(=O)O[C@H]1C[C@]2(O)[C@@H](OC(=O)c3ccccc3)[C@@H]3[C@]4(OC(C)=O)CO[C@@H]4C[C@H](O)[C@@]3(C)C(=O)[C@H](C)C(=C1C)C2(C)C)[C@@H](NC(=O)c1ccccc1)c1ccccc1)c1ccc(Cl)cc1. The number of Topliss-reactive ketones (excluding diaryl/α,β-unsaturated/α-hetero) is 2. The molecule has 19 nitrogen and oxygen atoms in total. The minimum absolute atomic E-state index is 0.0352. The van der Waals surface area contributed by atoms with Gasteiger partial charge in [0.2, 0.25) is 12.0 Å². The molecule has 2 amide bonds. The lowest BCUT2D eigenvalue weighted by atomic mass is 9.43. The number of esters is 4. The molecule has 23 heteroatoms. The number of amides is 2. The van der Waals surface area contributed by atoms with E-state index >= 15 is 23.6 Å². The predicted octanol–water partition coefficient (Wildman–Crippen LogP) is 11.6. The number of ether oxygens (including phenoxy) is 6. The Labute approximate surface area is 589 Å². The Hall–Kier alpha value is -7.73. The van der Waals surface area contributed by atoms with E-state index in [1.807, 2.05) is 6.26 Å². The summed E-state index contributed by atoms with van der Waals surface area (Å²) in [6.07, 6.45) is -3.97. The number of nitrogens with zero attached hydrogens (tertiary/aromatic N) is 2. The zero-order valence-electron chi connectivity index (χ0n) is 56.7. The van der Waals surface area contributed by atoms with Crippen LogP contribution in [0.1, 0.15) is 149 Å². The number of carbonyl (C=O) groups excluding carboxylic acids is 8. The van der Waals surface area contributed by atoms with Crippen molar-refractivity contribution < 1.29 is 81.4 Å². The quantitative estimate of drug-likeness (QED) is 0.0116. The van der Waals surface area contributed by atoms with Crippen molar-refractivity contribution in [3.8, 4) is 5.75 Å². The molecule has 99 heavy (non-hydrogen) atoms. The third-order valence-electron chi connectivity index (χ3n) is 20.7. The van der Waals surface area contributed by atoms with Crippen LogP contribution in [0.3, 0.4) is 0 Å². The summed E-state index contributed by atoms with van der Waals surface area (Å²) in [6.45, 7) is 9.07. The van der Waals surface area contributed by atoms with Crippen LogP contribution in [0.4, 0.5) is 4.39 Å². The summed E-state index contributed by atoms with van der Waals surface area (Å²) < 4.78 is 53.2. The molecule has 0 aromatic heterocycles. The van der Waals surface area contributed by atoms with E-state index in [2.05, 4.69) is 5.32 Å². The van der Waals surface area contributed by atoms with E-state index in [9.17, 15) is 29.4 Å². The predicted molar refractivity (Wildman–Crippen MR) is 372 cm³/mol. The highest BCUT2D eigenvalue weighted by Gasteiger charge is 2.78. The molecule has 3 N–H and O–H groups in total. The molecular weight excluding hydrogens is 1330 g/mol. The first kappa shape index (κ1) is 74.0. The summed E-state index contributed by atoms with van der Waals surface area (Å²) in [6, 6.07) is 30.8. The van der Waals surface area contributed by atoms with Crippen LogP contribution in [0, 0.1) is 28.5 Å². The molecule has 2 bridgehead atoms. The zero-order valence-corrected chi connectivity index (χ0v) is 59.1. The van der Waals surface area contributed by atoms with Gasteiger partial charge in [-0.05, 0) is 117 Å². The van der Waals surface area contributed by atoms with Gasteiger partial charge >= 0.3 is 23.9 Å². The van der Waals surface area contributed by atoms with Crippen LogP contribution in [-0.2, 0) is 52.5 Å². The maximum Gasteiger partial charge on any atom is 0.350 e. The fraction of sp³-hybridized carbons (Fsp3) is 0.461. The normalized spacial score (nSPS) is 26.3. The van der Waals surface area contributed by atoms with Gasteiger partial charge in [-0.3, -0.25) is 29.0 Å². The van der Waals surface area contributed by atoms with E-state index in [4.69, 9.17) is 45.0 Å². The lowest BCUT2D eigenvalue weighted by molar-refractivity contribution is -0.345. The Morgan fingerprint density at radius 2 is 1.53 bits per heavy atom. The van der Waals surface area contributed by atoms with Gasteiger partial charge in [-0.15, -0.1) is 0 Å². The number of benzene rings is 5. The molecule has 0 spiro atoms. The standard InChI is InChI=1S/C76H85ClFN3O16S2/c1-44-58(42-76(91)67(96-70(88)50-26-17-11-18-27-50)65-74(6,66(85)45(2)61(44)73(76,4)5)59(84)41-60-75(65,43-93-60)97-46(3)82)94-72(90)64(63(47-22-13-9-14-23-47)80-68(86)49-24-15-10-16-25-49)95-71(89)56-30-21-38-81(56)69(87)55(29-20-12-19-28-53(83)37-39-99-98-8)79-62(48-31-33-51(77)34-32-48)54-40-52(78)35-36-57(54)92-7/h9-11,13-18,22-27,31-36,40,45,55-56,58-60,63-65,67,84,91H,12,19-21,28-30,37-39,41-43H2,1-8H3,(H,80,86)/t45-,55-,56?,58+,59+,60-,63+,64-,65+,67+,74-,75+,76+/m1/s1. The number of halogens is 2. The smallest absolute Gasteiger partial charge is 0.350 e. The van der Waals surface area contributed by atoms with Crippen molar-refractivity contribution in [3.05, 3.63) is 183 Å². The number of unbranched alkanes of at least 4 members (excludes halogenated alkanes) is 2. The van der Waals surface area contributed by atoms with E-state index in [1.54, 1.807) is 152 Å². The molecule has 13 atom stereocenters.